The van der Waals surface area contributed by atoms with Crippen LogP contribution in [0.1, 0.15) is 45.4 Å². The summed E-state index contributed by atoms with van der Waals surface area (Å²) in [5, 5.41) is 7.16. The fraction of sp³-hybridized carbons (Fsp3) is 0.750. The van der Waals surface area contributed by atoms with Crippen molar-refractivity contribution in [3.05, 3.63) is 11.3 Å². The zero-order chi connectivity index (χ0) is 11.4. The van der Waals surface area contributed by atoms with E-state index in [0.29, 0.717) is 11.7 Å². The Morgan fingerprint density at radius 1 is 1.20 bits per heavy atom. The molecule has 1 heterocycles. The summed E-state index contributed by atoms with van der Waals surface area (Å²) in [4.78, 5) is 0. The Kier molecular flexibility index (Phi) is 4.18. The average Bonchev–Trinajstić information content (AvgIpc) is 2.44. The van der Waals surface area contributed by atoms with Crippen LogP contribution in [0.4, 0.5) is 5.82 Å². The third-order valence-electron chi connectivity index (χ3n) is 2.57. The standard InChI is InChI=1S/C12H23N3/c1-8(2)5-6-11-10(7-9(3)4)12(13)15-14-11/h8-9H,5-7H2,1-4H3,(H3,13,14,15). The van der Waals surface area contributed by atoms with Crippen molar-refractivity contribution >= 4 is 5.82 Å². The van der Waals surface area contributed by atoms with Crippen molar-refractivity contribution in [2.24, 2.45) is 11.8 Å². The molecule has 0 fully saturated rings. The highest BCUT2D eigenvalue weighted by Crippen LogP contribution is 2.20. The molecule has 86 valence electrons. The number of aryl methyl sites for hydroxylation is 1. The van der Waals surface area contributed by atoms with Gasteiger partial charge in [0.1, 0.15) is 5.82 Å². The molecule has 3 N–H and O–H groups in total. The van der Waals surface area contributed by atoms with Gasteiger partial charge in [0, 0.05) is 11.3 Å². The number of H-pyrrole nitrogens is 1. The van der Waals surface area contributed by atoms with Crippen molar-refractivity contribution in [1.29, 1.82) is 0 Å². The number of aromatic amines is 1. The van der Waals surface area contributed by atoms with Gasteiger partial charge in [-0.25, -0.2) is 0 Å². The van der Waals surface area contributed by atoms with Gasteiger partial charge < -0.3 is 5.73 Å². The smallest absolute Gasteiger partial charge is 0.148 e. The van der Waals surface area contributed by atoms with E-state index in [9.17, 15) is 0 Å². The molecule has 3 heteroatoms. The second-order valence-electron chi connectivity index (χ2n) is 5.10. The van der Waals surface area contributed by atoms with Crippen LogP contribution in [0.5, 0.6) is 0 Å². The van der Waals surface area contributed by atoms with Gasteiger partial charge in [-0.15, -0.1) is 0 Å². The van der Waals surface area contributed by atoms with Gasteiger partial charge in [0.15, 0.2) is 0 Å². The summed E-state index contributed by atoms with van der Waals surface area (Å²) in [6, 6.07) is 0. The summed E-state index contributed by atoms with van der Waals surface area (Å²) in [5.41, 5.74) is 8.31. The van der Waals surface area contributed by atoms with Gasteiger partial charge in [-0.3, -0.25) is 5.10 Å². The molecule has 1 aromatic heterocycles. The first-order chi connectivity index (χ1) is 7.00. The number of hydrogen-bond donors (Lipinski definition) is 2. The number of aromatic nitrogens is 2. The quantitative estimate of drug-likeness (QED) is 0.783. The highest BCUT2D eigenvalue weighted by atomic mass is 15.2. The van der Waals surface area contributed by atoms with Gasteiger partial charge in [0.05, 0.1) is 0 Å². The lowest BCUT2D eigenvalue weighted by Gasteiger charge is -2.08. The summed E-state index contributed by atoms with van der Waals surface area (Å²) in [6.07, 6.45) is 3.27. The molecule has 0 saturated carbocycles. The van der Waals surface area contributed by atoms with Crippen LogP contribution in [0.2, 0.25) is 0 Å². The molecule has 15 heavy (non-hydrogen) atoms. The van der Waals surface area contributed by atoms with Crippen LogP contribution in [0.3, 0.4) is 0 Å². The minimum absolute atomic E-state index is 0.627. The molecule has 0 aliphatic carbocycles. The van der Waals surface area contributed by atoms with E-state index in [-0.39, 0.29) is 0 Å². The number of nitrogen functional groups attached to an aromatic ring is 1. The molecule has 0 radical (unpaired) electrons. The molecule has 0 amide bonds. The van der Waals surface area contributed by atoms with Crippen LogP contribution in [0.15, 0.2) is 0 Å². The van der Waals surface area contributed by atoms with Crippen LogP contribution >= 0.6 is 0 Å². The van der Waals surface area contributed by atoms with Crippen LogP contribution in [0, 0.1) is 11.8 Å². The van der Waals surface area contributed by atoms with Crippen molar-refractivity contribution in [3.63, 3.8) is 0 Å². The molecular formula is C12H23N3. The van der Waals surface area contributed by atoms with E-state index in [4.69, 9.17) is 5.73 Å². The zero-order valence-electron chi connectivity index (χ0n) is 10.3. The number of anilines is 1. The summed E-state index contributed by atoms with van der Waals surface area (Å²) >= 11 is 0. The summed E-state index contributed by atoms with van der Waals surface area (Å²) in [5.74, 6) is 2.03. The lowest BCUT2D eigenvalue weighted by Crippen LogP contribution is -2.02. The van der Waals surface area contributed by atoms with E-state index in [1.807, 2.05) is 0 Å². The minimum Gasteiger partial charge on any atom is -0.382 e. The molecule has 1 rings (SSSR count). The summed E-state index contributed by atoms with van der Waals surface area (Å²) in [7, 11) is 0. The van der Waals surface area contributed by atoms with Gasteiger partial charge in [0.2, 0.25) is 0 Å². The molecule has 0 atom stereocenters. The molecule has 0 aromatic carbocycles. The first-order valence-corrected chi connectivity index (χ1v) is 5.82. The predicted octanol–water partition coefficient (Wildman–Crippen LogP) is 2.78. The van der Waals surface area contributed by atoms with Gasteiger partial charge >= 0.3 is 0 Å². The molecule has 0 unspecified atom stereocenters. The Morgan fingerprint density at radius 2 is 1.87 bits per heavy atom. The van der Waals surface area contributed by atoms with Gasteiger partial charge in [-0.2, -0.15) is 5.10 Å². The normalized spacial score (nSPS) is 11.6. The maximum atomic E-state index is 5.85. The molecule has 3 nitrogen and oxygen atoms in total. The summed E-state index contributed by atoms with van der Waals surface area (Å²) in [6.45, 7) is 8.89. The molecule has 0 saturated heterocycles. The van der Waals surface area contributed by atoms with Crippen molar-refractivity contribution in [2.45, 2.75) is 47.0 Å². The maximum absolute atomic E-state index is 5.85. The lowest BCUT2D eigenvalue weighted by molar-refractivity contribution is 0.574. The Labute approximate surface area is 92.5 Å². The van der Waals surface area contributed by atoms with Crippen LogP contribution in [-0.2, 0) is 12.8 Å². The minimum atomic E-state index is 0.627. The van der Waals surface area contributed by atoms with E-state index in [1.165, 1.54) is 17.7 Å². The van der Waals surface area contributed by atoms with Crippen molar-refractivity contribution in [3.8, 4) is 0 Å². The fourth-order valence-electron chi connectivity index (χ4n) is 1.69. The van der Waals surface area contributed by atoms with E-state index >= 15 is 0 Å². The second-order valence-corrected chi connectivity index (χ2v) is 5.10. The van der Waals surface area contributed by atoms with Crippen molar-refractivity contribution in [2.75, 3.05) is 5.73 Å². The third-order valence-corrected chi connectivity index (χ3v) is 2.57. The number of hydrogen-bond acceptors (Lipinski definition) is 2. The van der Waals surface area contributed by atoms with E-state index in [1.54, 1.807) is 0 Å². The molecule has 0 aliphatic rings. The Hall–Kier alpha value is -0.990. The fourth-order valence-corrected chi connectivity index (χ4v) is 1.69. The number of nitrogens with one attached hydrogen (secondary N) is 1. The first-order valence-electron chi connectivity index (χ1n) is 5.82. The second kappa shape index (κ2) is 5.19. The molecule has 0 bridgehead atoms. The molecular weight excluding hydrogens is 186 g/mol. The topological polar surface area (TPSA) is 54.7 Å². The number of rotatable bonds is 5. The van der Waals surface area contributed by atoms with E-state index < -0.39 is 0 Å². The highest BCUT2D eigenvalue weighted by molar-refractivity contribution is 5.42. The largest absolute Gasteiger partial charge is 0.382 e. The Bertz CT molecular complexity index is 300. The van der Waals surface area contributed by atoms with Gasteiger partial charge in [-0.05, 0) is 31.1 Å². The number of nitrogens with two attached hydrogens (primary N) is 1. The third kappa shape index (κ3) is 3.57. The van der Waals surface area contributed by atoms with E-state index in [2.05, 4.69) is 37.9 Å². The first kappa shape index (κ1) is 12.1. The summed E-state index contributed by atoms with van der Waals surface area (Å²) < 4.78 is 0. The van der Waals surface area contributed by atoms with E-state index in [0.717, 1.165) is 18.8 Å². The molecule has 0 aliphatic heterocycles. The zero-order valence-corrected chi connectivity index (χ0v) is 10.3. The van der Waals surface area contributed by atoms with Gasteiger partial charge in [0.25, 0.3) is 0 Å². The maximum Gasteiger partial charge on any atom is 0.148 e. The lowest BCUT2D eigenvalue weighted by atomic mass is 9.98. The Balaban J connectivity index is 2.70. The highest BCUT2D eigenvalue weighted by Gasteiger charge is 2.12. The SMILES string of the molecule is CC(C)CCc1[nH]nc(N)c1CC(C)C. The van der Waals surface area contributed by atoms with Crippen LogP contribution in [0.25, 0.3) is 0 Å². The van der Waals surface area contributed by atoms with Crippen LogP contribution in [-0.4, -0.2) is 10.2 Å². The monoisotopic (exact) mass is 209 g/mol. The molecule has 0 spiro atoms. The average molecular weight is 209 g/mol. The van der Waals surface area contributed by atoms with Crippen molar-refractivity contribution in [1.82, 2.24) is 10.2 Å². The number of nitrogens with zero attached hydrogens (tertiary/aromatic N) is 1. The molecule has 1 aromatic rings. The van der Waals surface area contributed by atoms with Crippen LogP contribution < -0.4 is 5.73 Å². The predicted molar refractivity (Wildman–Crippen MR) is 64.7 cm³/mol. The van der Waals surface area contributed by atoms with Gasteiger partial charge in [-0.1, -0.05) is 27.7 Å². The van der Waals surface area contributed by atoms with Crippen molar-refractivity contribution < 1.29 is 0 Å². The Morgan fingerprint density at radius 3 is 2.40 bits per heavy atom.